The first-order chi connectivity index (χ1) is 8.29. The number of hydrogen-bond acceptors (Lipinski definition) is 4. The quantitative estimate of drug-likeness (QED) is 0.886. The van der Waals surface area contributed by atoms with Gasteiger partial charge in [0.05, 0.1) is 0 Å². The zero-order valence-electron chi connectivity index (χ0n) is 9.61. The van der Waals surface area contributed by atoms with Gasteiger partial charge in [-0.2, -0.15) is 0 Å². The standard InChI is InChI=1S/C12H14FN3S/c1-2-14-8-12-16-15-11(17-12)7-9-5-3-4-6-10(9)13/h3-6,14H,2,7-8H2,1H3. The topological polar surface area (TPSA) is 37.8 Å². The third-order valence-electron chi connectivity index (χ3n) is 2.33. The molecule has 90 valence electrons. The van der Waals surface area contributed by atoms with Crippen molar-refractivity contribution in [1.82, 2.24) is 15.5 Å². The first-order valence-electron chi connectivity index (χ1n) is 5.55. The van der Waals surface area contributed by atoms with Crippen molar-refractivity contribution >= 4 is 11.3 Å². The second kappa shape index (κ2) is 5.84. The lowest BCUT2D eigenvalue weighted by atomic mass is 10.1. The highest BCUT2D eigenvalue weighted by Gasteiger charge is 2.07. The van der Waals surface area contributed by atoms with Gasteiger partial charge >= 0.3 is 0 Å². The van der Waals surface area contributed by atoms with Crippen molar-refractivity contribution in [3.05, 3.63) is 45.7 Å². The van der Waals surface area contributed by atoms with Crippen molar-refractivity contribution < 1.29 is 4.39 Å². The van der Waals surface area contributed by atoms with Crippen molar-refractivity contribution in [2.75, 3.05) is 6.54 Å². The molecule has 2 rings (SSSR count). The number of halogens is 1. The second-order valence-electron chi connectivity index (χ2n) is 3.64. The predicted octanol–water partition coefficient (Wildman–Crippen LogP) is 2.38. The van der Waals surface area contributed by atoms with E-state index in [0.717, 1.165) is 23.1 Å². The molecule has 17 heavy (non-hydrogen) atoms. The summed E-state index contributed by atoms with van der Waals surface area (Å²) in [4.78, 5) is 0. The first kappa shape index (κ1) is 12.1. The second-order valence-corrected chi connectivity index (χ2v) is 4.78. The Balaban J connectivity index is 2.04. The van der Waals surface area contributed by atoms with Crippen LogP contribution >= 0.6 is 11.3 Å². The molecule has 0 aliphatic heterocycles. The molecule has 0 unspecified atom stereocenters. The van der Waals surface area contributed by atoms with Crippen LogP contribution in [0.15, 0.2) is 24.3 Å². The summed E-state index contributed by atoms with van der Waals surface area (Å²) in [5.74, 6) is -0.184. The van der Waals surface area contributed by atoms with E-state index < -0.39 is 0 Å². The zero-order chi connectivity index (χ0) is 12.1. The molecule has 0 saturated heterocycles. The Kier molecular flexibility index (Phi) is 4.17. The zero-order valence-corrected chi connectivity index (χ0v) is 10.4. The average molecular weight is 251 g/mol. The predicted molar refractivity (Wildman–Crippen MR) is 66.5 cm³/mol. The molecule has 0 aliphatic rings. The van der Waals surface area contributed by atoms with Gasteiger partial charge in [-0.25, -0.2) is 4.39 Å². The molecule has 0 fully saturated rings. The van der Waals surface area contributed by atoms with E-state index in [4.69, 9.17) is 0 Å². The van der Waals surface area contributed by atoms with Crippen molar-refractivity contribution in [2.24, 2.45) is 0 Å². The number of benzene rings is 1. The molecule has 1 N–H and O–H groups in total. The van der Waals surface area contributed by atoms with Gasteiger partial charge < -0.3 is 5.32 Å². The lowest BCUT2D eigenvalue weighted by molar-refractivity contribution is 0.613. The minimum Gasteiger partial charge on any atom is -0.311 e. The molecule has 5 heteroatoms. The highest BCUT2D eigenvalue weighted by Crippen LogP contribution is 2.16. The smallest absolute Gasteiger partial charge is 0.131 e. The van der Waals surface area contributed by atoms with Crippen molar-refractivity contribution in [1.29, 1.82) is 0 Å². The molecule has 1 heterocycles. The Labute approximate surface area is 104 Å². The SMILES string of the molecule is CCNCc1nnc(Cc2ccccc2F)s1. The molecule has 2 aromatic rings. The molecule has 0 radical (unpaired) electrons. The van der Waals surface area contributed by atoms with E-state index in [9.17, 15) is 4.39 Å². The van der Waals surface area contributed by atoms with Gasteiger partial charge in [0.2, 0.25) is 0 Å². The van der Waals surface area contributed by atoms with Crippen LogP contribution in [0.25, 0.3) is 0 Å². The van der Waals surface area contributed by atoms with E-state index >= 15 is 0 Å². The Morgan fingerprint density at radius 3 is 2.76 bits per heavy atom. The number of hydrogen-bond donors (Lipinski definition) is 1. The van der Waals surface area contributed by atoms with Gasteiger partial charge in [0.25, 0.3) is 0 Å². The van der Waals surface area contributed by atoms with Gasteiger partial charge in [-0.15, -0.1) is 10.2 Å². The largest absolute Gasteiger partial charge is 0.311 e. The minimum absolute atomic E-state index is 0.184. The van der Waals surface area contributed by atoms with Crippen LogP contribution in [0, 0.1) is 5.82 Å². The van der Waals surface area contributed by atoms with Crippen LogP contribution < -0.4 is 5.32 Å². The first-order valence-corrected chi connectivity index (χ1v) is 6.36. The molecule has 0 atom stereocenters. The van der Waals surface area contributed by atoms with Crippen molar-refractivity contribution in [3.8, 4) is 0 Å². The van der Waals surface area contributed by atoms with Crippen LogP contribution in [-0.2, 0) is 13.0 Å². The van der Waals surface area contributed by atoms with Gasteiger partial charge in [0, 0.05) is 13.0 Å². The van der Waals surface area contributed by atoms with E-state index in [1.165, 1.54) is 17.4 Å². The van der Waals surface area contributed by atoms with Crippen molar-refractivity contribution in [2.45, 2.75) is 19.9 Å². The van der Waals surface area contributed by atoms with Crippen LogP contribution in [0.4, 0.5) is 4.39 Å². The van der Waals surface area contributed by atoms with Crippen molar-refractivity contribution in [3.63, 3.8) is 0 Å². The summed E-state index contributed by atoms with van der Waals surface area (Å²) in [7, 11) is 0. The molecule has 0 bridgehead atoms. The normalized spacial score (nSPS) is 10.7. The highest BCUT2D eigenvalue weighted by atomic mass is 32.1. The highest BCUT2D eigenvalue weighted by molar-refractivity contribution is 7.11. The van der Waals surface area contributed by atoms with Crippen LogP contribution in [0.5, 0.6) is 0 Å². The van der Waals surface area contributed by atoms with Gasteiger partial charge in [-0.1, -0.05) is 36.5 Å². The summed E-state index contributed by atoms with van der Waals surface area (Å²) in [6, 6.07) is 6.77. The molecule has 1 aromatic carbocycles. The molecule has 1 aromatic heterocycles. The molecule has 0 spiro atoms. The molecule has 0 saturated carbocycles. The van der Waals surface area contributed by atoms with Gasteiger partial charge in [-0.3, -0.25) is 0 Å². The molecule has 0 amide bonds. The Bertz CT molecular complexity index is 484. The fourth-order valence-electron chi connectivity index (χ4n) is 1.47. The summed E-state index contributed by atoms with van der Waals surface area (Å²) < 4.78 is 13.4. The monoisotopic (exact) mass is 251 g/mol. The maximum Gasteiger partial charge on any atom is 0.131 e. The average Bonchev–Trinajstić information content (AvgIpc) is 2.77. The Morgan fingerprint density at radius 2 is 2.00 bits per heavy atom. The molecule has 3 nitrogen and oxygen atoms in total. The van der Waals surface area contributed by atoms with Gasteiger partial charge in [0.15, 0.2) is 0 Å². The van der Waals surface area contributed by atoms with E-state index in [0.29, 0.717) is 12.0 Å². The summed E-state index contributed by atoms with van der Waals surface area (Å²) in [5.41, 5.74) is 0.665. The summed E-state index contributed by atoms with van der Waals surface area (Å²) in [6.07, 6.45) is 0.510. The van der Waals surface area contributed by atoms with Crippen LogP contribution in [0.3, 0.4) is 0 Å². The Hall–Kier alpha value is -1.33. The summed E-state index contributed by atoms with van der Waals surface area (Å²) in [5, 5.41) is 13.1. The lowest BCUT2D eigenvalue weighted by Crippen LogP contribution is -2.11. The van der Waals surface area contributed by atoms with E-state index in [1.54, 1.807) is 12.1 Å². The number of nitrogens with zero attached hydrogens (tertiary/aromatic N) is 2. The van der Waals surface area contributed by atoms with Gasteiger partial charge in [-0.05, 0) is 18.2 Å². The maximum atomic E-state index is 13.4. The molecule has 0 aliphatic carbocycles. The Morgan fingerprint density at radius 1 is 1.24 bits per heavy atom. The summed E-state index contributed by atoms with van der Waals surface area (Å²) in [6.45, 7) is 3.68. The fraction of sp³-hybridized carbons (Fsp3) is 0.333. The number of aromatic nitrogens is 2. The van der Waals surface area contributed by atoms with E-state index in [2.05, 4.69) is 15.5 Å². The van der Waals surface area contributed by atoms with E-state index in [1.807, 2.05) is 13.0 Å². The molecular weight excluding hydrogens is 237 g/mol. The van der Waals surface area contributed by atoms with E-state index in [-0.39, 0.29) is 5.82 Å². The lowest BCUT2D eigenvalue weighted by Gasteiger charge is -1.98. The van der Waals surface area contributed by atoms with Crippen LogP contribution in [0.1, 0.15) is 22.5 Å². The summed E-state index contributed by atoms with van der Waals surface area (Å²) >= 11 is 1.52. The maximum absolute atomic E-state index is 13.4. The van der Waals surface area contributed by atoms with Crippen LogP contribution in [-0.4, -0.2) is 16.7 Å². The third-order valence-corrected chi connectivity index (χ3v) is 3.26. The van der Waals surface area contributed by atoms with Gasteiger partial charge in [0.1, 0.15) is 15.8 Å². The molecular formula is C12H14FN3S. The number of nitrogens with one attached hydrogen (secondary N) is 1. The minimum atomic E-state index is -0.184. The third kappa shape index (κ3) is 3.31. The number of rotatable bonds is 5. The van der Waals surface area contributed by atoms with Crippen LogP contribution in [0.2, 0.25) is 0 Å². The fourth-order valence-corrected chi connectivity index (χ4v) is 2.31.